The molecule has 6 heteroatoms. The van der Waals surface area contributed by atoms with E-state index >= 15 is 0 Å². The highest BCUT2D eigenvalue weighted by molar-refractivity contribution is 5.56. The molecule has 0 aromatic rings. The summed E-state index contributed by atoms with van der Waals surface area (Å²) in [6, 6.07) is 0. The fraction of sp³-hybridized carbons (Fsp3) is 0.833. The Morgan fingerprint density at radius 3 is 1.92 bits per heavy atom. The van der Waals surface area contributed by atoms with Crippen LogP contribution < -0.4 is 0 Å². The van der Waals surface area contributed by atoms with Gasteiger partial charge in [-0.2, -0.15) is 0 Å². The van der Waals surface area contributed by atoms with E-state index in [1.54, 1.807) is 0 Å². The molecule has 12 heavy (non-hydrogen) atoms. The summed E-state index contributed by atoms with van der Waals surface area (Å²) in [5.74, 6) is 0. The molecule has 72 valence electrons. The minimum Gasteiger partial charge on any atom is -0.394 e. The summed E-state index contributed by atoms with van der Waals surface area (Å²) in [4.78, 5) is 9.90. The van der Waals surface area contributed by atoms with Crippen molar-refractivity contribution in [2.24, 2.45) is 0 Å². The first-order chi connectivity index (χ1) is 5.54. The summed E-state index contributed by atoms with van der Waals surface area (Å²) in [6.45, 7) is -0.760. The standard InChI is InChI=1S/C6H12O6/c7-1-3(9)5(11)6(12)4(10)2-8/h1,3-6,8-12H,2H2/t3-,4+,5+,6+/m0/s1/i1+0,2+0,3+0,4+0,5+0,6+0. The van der Waals surface area contributed by atoms with Gasteiger partial charge in [-0.15, -0.1) is 0 Å². The summed E-state index contributed by atoms with van der Waals surface area (Å²) in [7, 11) is 0. The largest absolute Gasteiger partial charge is 0.394 e. The van der Waals surface area contributed by atoms with Crippen molar-refractivity contribution in [2.45, 2.75) is 24.4 Å². The van der Waals surface area contributed by atoms with Gasteiger partial charge in [0.05, 0.1) is 6.61 Å². The monoisotopic (exact) mass is 180 g/mol. The number of aliphatic hydroxyl groups excluding tert-OH is 5. The number of aliphatic hydroxyl groups is 5. The molecule has 0 fully saturated rings. The lowest BCUT2D eigenvalue weighted by Crippen LogP contribution is -2.46. The quantitative estimate of drug-likeness (QED) is 0.282. The van der Waals surface area contributed by atoms with Crippen LogP contribution >= 0.6 is 0 Å². The van der Waals surface area contributed by atoms with Crippen LogP contribution in [0.5, 0.6) is 0 Å². The molecule has 0 aliphatic heterocycles. The lowest BCUT2D eigenvalue weighted by molar-refractivity contribution is -0.136. The van der Waals surface area contributed by atoms with Gasteiger partial charge < -0.3 is 30.3 Å². The van der Waals surface area contributed by atoms with Gasteiger partial charge in [-0.05, 0) is 0 Å². The van der Waals surface area contributed by atoms with E-state index in [1.807, 2.05) is 0 Å². The van der Waals surface area contributed by atoms with Crippen molar-refractivity contribution in [1.29, 1.82) is 0 Å². The van der Waals surface area contributed by atoms with E-state index in [9.17, 15) is 4.79 Å². The van der Waals surface area contributed by atoms with Crippen molar-refractivity contribution in [3.63, 3.8) is 0 Å². The van der Waals surface area contributed by atoms with Crippen molar-refractivity contribution in [3.05, 3.63) is 0 Å². The maximum Gasteiger partial charge on any atom is 0.151 e. The molecule has 0 aromatic heterocycles. The highest BCUT2D eigenvalue weighted by atomic mass is 16.4. The van der Waals surface area contributed by atoms with Gasteiger partial charge in [0.25, 0.3) is 0 Å². The first kappa shape index (κ1) is 11.5. The molecule has 0 bridgehead atoms. The second kappa shape index (κ2) is 5.18. The Morgan fingerprint density at radius 1 is 1.08 bits per heavy atom. The van der Waals surface area contributed by atoms with Crippen LogP contribution in [-0.4, -0.2) is 62.8 Å². The van der Waals surface area contributed by atoms with E-state index < -0.39 is 31.0 Å². The molecule has 0 rings (SSSR count). The number of carbonyl (C=O) groups is 1. The van der Waals surface area contributed by atoms with Crippen LogP contribution in [0.2, 0.25) is 0 Å². The molecule has 0 radical (unpaired) electrons. The van der Waals surface area contributed by atoms with Gasteiger partial charge in [-0.1, -0.05) is 0 Å². The van der Waals surface area contributed by atoms with E-state index in [-0.39, 0.29) is 6.29 Å². The van der Waals surface area contributed by atoms with Crippen LogP contribution in [0.25, 0.3) is 0 Å². The Bertz CT molecular complexity index is 138. The van der Waals surface area contributed by atoms with Crippen molar-refractivity contribution >= 4 is 6.29 Å². The lowest BCUT2D eigenvalue weighted by atomic mass is 10.0. The third-order valence-electron chi connectivity index (χ3n) is 1.42. The number of aldehydes is 1. The van der Waals surface area contributed by atoms with Crippen LogP contribution in [0.15, 0.2) is 0 Å². The van der Waals surface area contributed by atoms with Crippen LogP contribution in [0, 0.1) is 0 Å². The van der Waals surface area contributed by atoms with E-state index in [0.29, 0.717) is 0 Å². The normalized spacial score (nSPS) is 21.1. The molecule has 5 N–H and O–H groups in total. The van der Waals surface area contributed by atoms with E-state index in [1.165, 1.54) is 0 Å². The number of hydrogen-bond acceptors (Lipinski definition) is 6. The Kier molecular flexibility index (Phi) is 4.95. The molecule has 0 aromatic carbocycles. The van der Waals surface area contributed by atoms with Crippen molar-refractivity contribution in [1.82, 2.24) is 0 Å². The first-order valence-electron chi connectivity index (χ1n) is 3.33. The smallest absolute Gasteiger partial charge is 0.151 e. The SMILES string of the molecule is O=[12CH][12C@H](O)[12C@@H](O)[12C@H](O)[12C@H](O)[12CH2]O. The Balaban J connectivity index is 4.07. The van der Waals surface area contributed by atoms with Crippen molar-refractivity contribution in [2.75, 3.05) is 6.61 Å². The van der Waals surface area contributed by atoms with Gasteiger partial charge in [-0.25, -0.2) is 0 Å². The number of carbonyl (C=O) groups excluding carboxylic acids is 1. The summed E-state index contributed by atoms with van der Waals surface area (Å²) < 4.78 is 0. The predicted octanol–water partition coefficient (Wildman–Crippen LogP) is -3.38. The molecule has 6 nitrogen and oxygen atoms in total. The van der Waals surface area contributed by atoms with Crippen molar-refractivity contribution < 1.29 is 30.3 Å². The number of hydrogen-bond donors (Lipinski definition) is 5. The molecule has 0 amide bonds. The fourth-order valence-electron chi connectivity index (χ4n) is 0.618. The zero-order chi connectivity index (χ0) is 9.72. The van der Waals surface area contributed by atoms with Gasteiger partial charge in [0, 0.05) is 0 Å². The van der Waals surface area contributed by atoms with Crippen molar-refractivity contribution in [3.8, 4) is 0 Å². The second-order valence-corrected chi connectivity index (χ2v) is 2.36. The van der Waals surface area contributed by atoms with Gasteiger partial charge in [0.15, 0.2) is 6.29 Å². The maximum atomic E-state index is 9.90. The second-order valence-electron chi connectivity index (χ2n) is 2.36. The molecule has 0 spiro atoms. The Hall–Kier alpha value is -0.530. The average molecular weight is 180 g/mol. The number of rotatable bonds is 5. The first-order valence-corrected chi connectivity index (χ1v) is 3.33. The van der Waals surface area contributed by atoms with Gasteiger partial charge in [-0.3, -0.25) is 0 Å². The molecule has 0 saturated heterocycles. The third kappa shape index (κ3) is 2.84. The summed E-state index contributed by atoms with van der Waals surface area (Å²) in [5, 5.41) is 43.5. The van der Waals surface area contributed by atoms with Crippen LogP contribution in [0.4, 0.5) is 0 Å². The van der Waals surface area contributed by atoms with Crippen LogP contribution in [0.1, 0.15) is 0 Å². The van der Waals surface area contributed by atoms with E-state index in [0.717, 1.165) is 0 Å². The Morgan fingerprint density at radius 2 is 1.58 bits per heavy atom. The lowest BCUT2D eigenvalue weighted by Gasteiger charge is -2.22. The zero-order valence-electron chi connectivity index (χ0n) is 6.24. The molecule has 0 saturated carbocycles. The highest BCUT2D eigenvalue weighted by Crippen LogP contribution is 2.02. The van der Waals surface area contributed by atoms with Crippen LogP contribution in [-0.2, 0) is 4.79 Å². The van der Waals surface area contributed by atoms with Gasteiger partial charge in [0.2, 0.25) is 0 Å². The predicted molar refractivity (Wildman–Crippen MR) is 37.2 cm³/mol. The van der Waals surface area contributed by atoms with E-state index in [2.05, 4.69) is 0 Å². The maximum absolute atomic E-state index is 9.90. The summed E-state index contributed by atoms with van der Waals surface area (Å²) in [6.07, 6.45) is -6.84. The fourth-order valence-corrected chi connectivity index (χ4v) is 0.618. The molecular formula is C6H12O6. The van der Waals surface area contributed by atoms with Gasteiger partial charge in [0.1, 0.15) is 24.4 Å². The molecule has 0 unspecified atom stereocenters. The highest BCUT2D eigenvalue weighted by Gasteiger charge is 2.29. The zero-order valence-corrected chi connectivity index (χ0v) is 6.24. The molecule has 0 aliphatic rings. The minimum atomic E-state index is -1.79. The average Bonchev–Trinajstić information content (AvgIpc) is 2.12. The molecule has 0 heterocycles. The summed E-state index contributed by atoms with van der Waals surface area (Å²) >= 11 is 0. The minimum absolute atomic E-state index is 0.0258. The topological polar surface area (TPSA) is 118 Å². The summed E-state index contributed by atoms with van der Waals surface area (Å²) in [5.41, 5.74) is 0. The van der Waals surface area contributed by atoms with Crippen LogP contribution in [0.3, 0.4) is 0 Å². The van der Waals surface area contributed by atoms with E-state index in [4.69, 9.17) is 25.5 Å². The third-order valence-corrected chi connectivity index (χ3v) is 1.42. The molecular weight excluding hydrogens is 168 g/mol. The molecule has 0 aliphatic carbocycles. The molecule has 4 atom stereocenters. The Labute approximate surface area is 68.7 Å². The van der Waals surface area contributed by atoms with Gasteiger partial charge >= 0.3 is 0 Å².